The normalized spacial score (nSPS) is 11.8. The lowest BCUT2D eigenvalue weighted by Crippen LogP contribution is -2.02. The van der Waals surface area contributed by atoms with Crippen molar-refractivity contribution in [3.63, 3.8) is 0 Å². The molecule has 0 saturated carbocycles. The van der Waals surface area contributed by atoms with E-state index in [4.69, 9.17) is 27.9 Å². The SMILES string of the molecule is O=S(=O)(c1ccc(Cl)cc1)c1ccc(Oc2ccc(S(=O)(=O)c3ccc(Cl)cc3)cc2)cc1. The van der Waals surface area contributed by atoms with Crippen LogP contribution < -0.4 is 4.74 Å². The summed E-state index contributed by atoms with van der Waals surface area (Å²) >= 11 is 11.7. The Bertz CT molecular complexity index is 1360. The van der Waals surface area contributed by atoms with Crippen LogP contribution in [-0.2, 0) is 19.7 Å². The van der Waals surface area contributed by atoms with Crippen molar-refractivity contribution in [3.05, 3.63) is 107 Å². The van der Waals surface area contributed by atoms with Crippen molar-refractivity contribution in [2.24, 2.45) is 0 Å². The Labute approximate surface area is 202 Å². The van der Waals surface area contributed by atoms with Gasteiger partial charge in [-0.15, -0.1) is 0 Å². The number of rotatable bonds is 6. The van der Waals surface area contributed by atoms with Crippen LogP contribution >= 0.6 is 23.2 Å². The minimum Gasteiger partial charge on any atom is -0.457 e. The minimum atomic E-state index is -3.69. The molecule has 0 aliphatic heterocycles. The van der Waals surface area contributed by atoms with Gasteiger partial charge in [-0.2, -0.15) is 0 Å². The first-order valence-electron chi connectivity index (χ1n) is 9.55. The van der Waals surface area contributed by atoms with E-state index < -0.39 is 19.7 Å². The first-order chi connectivity index (χ1) is 15.7. The number of sulfone groups is 2. The van der Waals surface area contributed by atoms with Crippen LogP contribution in [0.3, 0.4) is 0 Å². The van der Waals surface area contributed by atoms with Gasteiger partial charge in [-0.05, 0) is 97.1 Å². The van der Waals surface area contributed by atoms with Gasteiger partial charge in [0.15, 0.2) is 0 Å². The molecule has 5 nitrogen and oxygen atoms in total. The molecule has 168 valence electrons. The van der Waals surface area contributed by atoms with E-state index in [1.807, 2.05) is 0 Å². The molecule has 0 radical (unpaired) electrons. The highest BCUT2D eigenvalue weighted by Crippen LogP contribution is 2.29. The molecule has 33 heavy (non-hydrogen) atoms. The van der Waals surface area contributed by atoms with Crippen molar-refractivity contribution < 1.29 is 21.6 Å². The second kappa shape index (κ2) is 9.19. The van der Waals surface area contributed by atoms with Crippen molar-refractivity contribution in [2.45, 2.75) is 19.6 Å². The zero-order chi connectivity index (χ0) is 23.6. The fourth-order valence-electron chi connectivity index (χ4n) is 3.01. The van der Waals surface area contributed by atoms with Crippen LogP contribution in [-0.4, -0.2) is 16.8 Å². The van der Waals surface area contributed by atoms with Crippen molar-refractivity contribution in [2.75, 3.05) is 0 Å². The number of halogens is 2. The van der Waals surface area contributed by atoms with Gasteiger partial charge in [0.25, 0.3) is 0 Å². The maximum Gasteiger partial charge on any atom is 0.206 e. The Kier molecular flexibility index (Phi) is 6.50. The lowest BCUT2D eigenvalue weighted by molar-refractivity contribution is 0.481. The van der Waals surface area contributed by atoms with Gasteiger partial charge in [-0.25, -0.2) is 16.8 Å². The number of benzene rings is 4. The summed E-state index contributed by atoms with van der Waals surface area (Å²) in [5.74, 6) is 0.803. The summed E-state index contributed by atoms with van der Waals surface area (Å²) in [5, 5.41) is 0.898. The van der Waals surface area contributed by atoms with Crippen LogP contribution in [0.5, 0.6) is 11.5 Å². The molecule has 0 spiro atoms. The third-order valence-corrected chi connectivity index (χ3v) is 8.83. The molecule has 0 fully saturated rings. The molecule has 0 aromatic heterocycles. The van der Waals surface area contributed by atoms with Gasteiger partial charge in [0.2, 0.25) is 19.7 Å². The van der Waals surface area contributed by atoms with Crippen LogP contribution in [0.1, 0.15) is 0 Å². The Balaban J connectivity index is 1.51. The van der Waals surface area contributed by atoms with Gasteiger partial charge >= 0.3 is 0 Å². The first kappa shape index (κ1) is 23.3. The van der Waals surface area contributed by atoms with E-state index in [0.717, 1.165) is 0 Å². The van der Waals surface area contributed by atoms with E-state index in [-0.39, 0.29) is 19.6 Å². The molecule has 0 aliphatic carbocycles. The Morgan fingerprint density at radius 1 is 0.424 bits per heavy atom. The van der Waals surface area contributed by atoms with Gasteiger partial charge < -0.3 is 4.74 Å². The van der Waals surface area contributed by atoms with Crippen molar-refractivity contribution >= 4 is 42.9 Å². The van der Waals surface area contributed by atoms with E-state index in [9.17, 15) is 16.8 Å². The number of ether oxygens (including phenoxy) is 1. The van der Waals surface area contributed by atoms with Gasteiger partial charge in [0.05, 0.1) is 19.6 Å². The Morgan fingerprint density at radius 2 is 0.667 bits per heavy atom. The summed E-state index contributed by atoms with van der Waals surface area (Å²) in [6.45, 7) is 0. The highest BCUT2D eigenvalue weighted by Gasteiger charge is 2.19. The molecule has 0 unspecified atom stereocenters. The molecule has 0 saturated heterocycles. The van der Waals surface area contributed by atoms with E-state index in [1.54, 1.807) is 0 Å². The minimum absolute atomic E-state index is 0.113. The van der Waals surface area contributed by atoms with Crippen LogP contribution in [0, 0.1) is 0 Å². The predicted molar refractivity (Wildman–Crippen MR) is 127 cm³/mol. The third kappa shape index (κ3) is 5.07. The summed E-state index contributed by atoms with van der Waals surface area (Å²) in [6, 6.07) is 23.7. The number of hydrogen-bond donors (Lipinski definition) is 0. The molecule has 4 aromatic rings. The Hall–Kier alpha value is -2.84. The summed E-state index contributed by atoms with van der Waals surface area (Å²) in [7, 11) is -7.37. The highest BCUT2D eigenvalue weighted by molar-refractivity contribution is 7.91. The zero-order valence-corrected chi connectivity index (χ0v) is 20.0. The lowest BCUT2D eigenvalue weighted by atomic mass is 10.3. The summed E-state index contributed by atoms with van der Waals surface area (Å²) in [5.41, 5.74) is 0. The topological polar surface area (TPSA) is 77.5 Å². The second-order valence-electron chi connectivity index (χ2n) is 6.96. The average molecular weight is 519 g/mol. The third-order valence-electron chi connectivity index (χ3n) is 4.75. The molecule has 0 aliphatic rings. The van der Waals surface area contributed by atoms with E-state index in [0.29, 0.717) is 21.5 Å². The first-order valence-corrected chi connectivity index (χ1v) is 13.3. The number of hydrogen-bond acceptors (Lipinski definition) is 5. The molecular formula is C24H16Cl2O5S2. The van der Waals surface area contributed by atoms with Crippen LogP contribution in [0.25, 0.3) is 0 Å². The molecule has 9 heteroatoms. The maximum absolute atomic E-state index is 12.7. The van der Waals surface area contributed by atoms with Gasteiger partial charge in [0, 0.05) is 10.0 Å². The molecular weight excluding hydrogens is 503 g/mol. The maximum atomic E-state index is 12.7. The lowest BCUT2D eigenvalue weighted by Gasteiger charge is -2.09. The molecule has 0 N–H and O–H groups in total. The van der Waals surface area contributed by atoms with Crippen molar-refractivity contribution in [3.8, 4) is 11.5 Å². The van der Waals surface area contributed by atoms with Crippen LogP contribution in [0.15, 0.2) is 117 Å². The smallest absolute Gasteiger partial charge is 0.206 e. The molecule has 0 atom stereocenters. The average Bonchev–Trinajstić information content (AvgIpc) is 2.80. The molecule has 0 amide bonds. The largest absolute Gasteiger partial charge is 0.457 e. The molecule has 4 aromatic carbocycles. The molecule has 4 rings (SSSR count). The van der Waals surface area contributed by atoms with E-state index in [1.165, 1.54) is 97.1 Å². The zero-order valence-electron chi connectivity index (χ0n) is 16.9. The summed E-state index contributed by atoms with van der Waals surface area (Å²) < 4.78 is 56.7. The fourth-order valence-corrected chi connectivity index (χ4v) is 5.78. The van der Waals surface area contributed by atoms with Gasteiger partial charge in [-0.3, -0.25) is 0 Å². The predicted octanol–water partition coefficient (Wildman–Crippen LogP) is 6.45. The second-order valence-corrected chi connectivity index (χ2v) is 11.7. The van der Waals surface area contributed by atoms with Crippen LogP contribution in [0.2, 0.25) is 10.0 Å². The molecule has 0 bridgehead atoms. The van der Waals surface area contributed by atoms with E-state index in [2.05, 4.69) is 0 Å². The molecule has 0 heterocycles. The summed E-state index contributed by atoms with van der Waals surface area (Å²) in [4.78, 5) is 0.499. The standard InChI is InChI=1S/C24H16Cl2O5S2/c25-17-1-9-21(10-2-17)32(27,28)23-13-5-19(6-14-23)31-20-7-15-24(16-8-20)33(29,30)22-11-3-18(26)4-12-22/h1-16H. The van der Waals surface area contributed by atoms with Crippen molar-refractivity contribution in [1.82, 2.24) is 0 Å². The summed E-state index contributed by atoms with van der Waals surface area (Å²) in [6.07, 6.45) is 0. The highest BCUT2D eigenvalue weighted by atomic mass is 35.5. The monoisotopic (exact) mass is 518 g/mol. The van der Waals surface area contributed by atoms with Crippen molar-refractivity contribution in [1.29, 1.82) is 0 Å². The van der Waals surface area contributed by atoms with Gasteiger partial charge in [-0.1, -0.05) is 23.2 Å². The van der Waals surface area contributed by atoms with Gasteiger partial charge in [0.1, 0.15) is 11.5 Å². The fraction of sp³-hybridized carbons (Fsp3) is 0. The van der Waals surface area contributed by atoms with Crippen LogP contribution in [0.4, 0.5) is 0 Å². The quantitative estimate of drug-likeness (QED) is 0.293. The van der Waals surface area contributed by atoms with E-state index >= 15 is 0 Å². The Morgan fingerprint density at radius 3 is 0.939 bits per heavy atom.